The number of hydroxylamine groups is 3. The van der Waals surface area contributed by atoms with E-state index >= 15 is 0 Å². The standard InChI is InChI=1S/C81H146N24O18/c1-10-49(6)68(78(117)99-59(30-16-22-36-85)72(111)94-44-51(8)80(119)122-104-67(48(4)5)77(116)97-57(69(90)108)28-14-20-34-83)105-123-81(120)52(9)43-93-71(110)58(29-15-21-35-84)96-66(107)46-95-73(112)63(39-47(2)3)103-121-79(118)50(7)42-92-65(32-18-24-38-87)102-74(113)60(31-17-23-37-86)98-75(114)61(40-53-45-91-56-27-12-11-25-54(53)56)101-76(115)62(41-64(89)106)100-70(109)55(88)26-13-19-33-82/h11-12,25,27,45,47-52,55,57-63,65,67-68,91-92,103-105H,10,13-24,26,28-44,46,82-88H2,1-9H3,(H2,89,106)(H2,90,108)(H,93,110)(H,94,111)(H,95,112)(H,96,107)(H,97,116)(H,98,114)(H,99,117)(H,100,109)(H,101,115)(H,102,113)/t49-,50?,51?,52?,55-,57-,58-,59-,60-,61-,62-,63-,65-,67-,68-/m0/s1. The monoisotopic (exact) mass is 1740 g/mol. The summed E-state index contributed by atoms with van der Waals surface area (Å²) in [5.41, 5.74) is 60.5. The number of para-hydroxylation sites is 1. The highest BCUT2D eigenvalue weighted by Gasteiger charge is 2.37. The fraction of sp³-hybridized carbons (Fsp3) is 0.716. The normalized spacial score (nSPS) is 15.1. The Balaban J connectivity index is 2.18. The molecule has 0 aliphatic heterocycles. The third kappa shape index (κ3) is 43.5. The molecule has 698 valence electrons. The van der Waals surface area contributed by atoms with Crippen molar-refractivity contribution in [3.8, 4) is 0 Å². The molecule has 0 aliphatic rings. The first-order valence-corrected chi connectivity index (χ1v) is 43.2. The summed E-state index contributed by atoms with van der Waals surface area (Å²) in [5.74, 6) is -15.4. The van der Waals surface area contributed by atoms with Crippen molar-refractivity contribution in [2.75, 3.05) is 65.4 Å². The van der Waals surface area contributed by atoms with Gasteiger partial charge >= 0.3 is 17.9 Å². The maximum Gasteiger partial charge on any atom is 0.329 e. The Kier molecular flexibility index (Phi) is 54.8. The number of aromatic amines is 1. The lowest BCUT2D eigenvalue weighted by Gasteiger charge is -2.28. The van der Waals surface area contributed by atoms with E-state index in [1.807, 2.05) is 32.0 Å². The van der Waals surface area contributed by atoms with E-state index in [1.54, 1.807) is 46.9 Å². The molecule has 0 fully saturated rings. The summed E-state index contributed by atoms with van der Waals surface area (Å²) in [6.07, 6.45) is 7.82. The van der Waals surface area contributed by atoms with Gasteiger partial charge in [-0.1, -0.05) is 93.4 Å². The number of hydrogen-bond acceptors (Lipinski definition) is 29. The van der Waals surface area contributed by atoms with Crippen LogP contribution in [0.3, 0.4) is 0 Å². The summed E-state index contributed by atoms with van der Waals surface area (Å²) in [6, 6.07) is -4.66. The van der Waals surface area contributed by atoms with Gasteiger partial charge in [-0.25, -0.2) is 0 Å². The molecule has 0 radical (unpaired) electrons. The summed E-state index contributed by atoms with van der Waals surface area (Å²) < 4.78 is 0. The molecular formula is C81H146N24O18. The number of rotatable bonds is 68. The highest BCUT2D eigenvalue weighted by molar-refractivity contribution is 5.98. The van der Waals surface area contributed by atoms with Crippen molar-refractivity contribution in [2.45, 2.75) is 270 Å². The predicted molar refractivity (Wildman–Crippen MR) is 461 cm³/mol. The van der Waals surface area contributed by atoms with Crippen LogP contribution in [0.15, 0.2) is 30.5 Å². The average Bonchev–Trinajstić information content (AvgIpc) is 1.69. The lowest BCUT2D eigenvalue weighted by molar-refractivity contribution is -0.161. The first kappa shape index (κ1) is 109. The Morgan fingerprint density at radius 2 is 0.829 bits per heavy atom. The minimum absolute atomic E-state index is 0.0814. The van der Waals surface area contributed by atoms with E-state index in [4.69, 9.17) is 66.1 Å². The SMILES string of the molecule is CC[C@H](C)[C@H](NOC(=O)C(C)CNC(=O)[C@H](CCCCN)NC(=O)CNC(=O)[C@H](CC(C)C)NOC(=O)C(C)CN[C@H](CCCCN)NC(=O)[C@H](CCCCN)NC(=O)[C@H](Cc1c[nH]c2ccccc12)NC(=O)[C@H](CC(N)=O)NC(=O)[C@@H](N)CCCCN)C(=O)N[C@@H](CCCCN)C(=O)NCC(C)C(=O)ON[C@H](C(=O)N[C@@H](CCCCN)C(N)=O)C(C)C. The number of hydrogen-bond donors (Lipinski definition) is 24. The number of primary amides is 2. The van der Waals surface area contributed by atoms with Crippen molar-refractivity contribution < 1.29 is 86.4 Å². The van der Waals surface area contributed by atoms with E-state index in [-0.39, 0.29) is 83.6 Å². The van der Waals surface area contributed by atoms with Gasteiger partial charge in [-0.05, 0) is 184 Å². The second-order valence-corrected chi connectivity index (χ2v) is 32.1. The number of carbonyl (C=O) groups excluding carboxylic acids is 15. The summed E-state index contributed by atoms with van der Waals surface area (Å²) in [6.45, 7) is 15.7. The largest absolute Gasteiger partial charge is 0.370 e. The fourth-order valence-electron chi connectivity index (χ4n) is 12.5. The van der Waals surface area contributed by atoms with Crippen molar-refractivity contribution in [1.82, 2.24) is 79.9 Å². The Morgan fingerprint density at radius 1 is 0.415 bits per heavy atom. The van der Waals surface area contributed by atoms with Gasteiger partial charge in [0.1, 0.15) is 54.4 Å². The molecule has 0 spiro atoms. The Hall–Kier alpha value is -9.63. The minimum Gasteiger partial charge on any atom is -0.370 e. The van der Waals surface area contributed by atoms with Crippen molar-refractivity contribution in [2.24, 2.45) is 87.1 Å². The van der Waals surface area contributed by atoms with E-state index < -0.39 is 198 Å². The van der Waals surface area contributed by atoms with Crippen molar-refractivity contribution >= 4 is 99.7 Å². The van der Waals surface area contributed by atoms with Crippen molar-refractivity contribution in [1.29, 1.82) is 0 Å². The van der Waals surface area contributed by atoms with E-state index in [9.17, 15) is 71.9 Å². The van der Waals surface area contributed by atoms with E-state index in [0.29, 0.717) is 122 Å². The third-order valence-corrected chi connectivity index (χ3v) is 20.5. The zero-order valence-electron chi connectivity index (χ0n) is 73.4. The smallest absolute Gasteiger partial charge is 0.329 e. The summed E-state index contributed by atoms with van der Waals surface area (Å²) >= 11 is 0. The van der Waals surface area contributed by atoms with Crippen LogP contribution >= 0.6 is 0 Å². The molecule has 33 N–H and O–H groups in total. The molecule has 123 heavy (non-hydrogen) atoms. The number of benzene rings is 1. The van der Waals surface area contributed by atoms with E-state index in [0.717, 1.165) is 10.9 Å². The van der Waals surface area contributed by atoms with Crippen LogP contribution in [0.4, 0.5) is 0 Å². The molecular weight excluding hydrogens is 1600 g/mol. The number of fused-ring (bicyclic) bond motifs is 1. The summed E-state index contributed by atoms with van der Waals surface area (Å²) in [7, 11) is 0. The maximum atomic E-state index is 14.7. The second-order valence-electron chi connectivity index (χ2n) is 32.1. The minimum atomic E-state index is -1.53. The first-order chi connectivity index (χ1) is 58.5. The number of nitrogens with one attached hydrogen (secondary N) is 15. The molecule has 0 aliphatic carbocycles. The van der Waals surface area contributed by atoms with Crippen LogP contribution in [-0.4, -0.2) is 226 Å². The highest BCUT2D eigenvalue weighted by atomic mass is 16.7. The lowest BCUT2D eigenvalue weighted by atomic mass is 9.98. The molecule has 42 heteroatoms. The van der Waals surface area contributed by atoms with Crippen LogP contribution in [0.5, 0.6) is 0 Å². The van der Waals surface area contributed by atoms with Gasteiger partial charge in [0.25, 0.3) is 0 Å². The van der Waals surface area contributed by atoms with Crippen LogP contribution < -0.4 is 127 Å². The molecule has 42 nitrogen and oxygen atoms in total. The van der Waals surface area contributed by atoms with Crippen LogP contribution in [0.2, 0.25) is 0 Å². The van der Waals surface area contributed by atoms with Crippen molar-refractivity contribution in [3.63, 3.8) is 0 Å². The zero-order chi connectivity index (χ0) is 92.1. The van der Waals surface area contributed by atoms with Crippen LogP contribution in [0.1, 0.15) is 203 Å². The molecule has 1 heterocycles. The topological polar surface area (TPSA) is 702 Å². The highest BCUT2D eigenvalue weighted by Crippen LogP contribution is 2.21. The third-order valence-electron chi connectivity index (χ3n) is 20.5. The van der Waals surface area contributed by atoms with Gasteiger partial charge in [-0.2, -0.15) is 0 Å². The number of H-pyrrole nitrogens is 1. The molecule has 2 aromatic rings. The molecule has 12 amide bonds. The molecule has 0 bridgehead atoms. The predicted octanol–water partition coefficient (Wildman–Crippen LogP) is -3.63. The van der Waals surface area contributed by atoms with Crippen LogP contribution in [-0.2, 0) is 92.9 Å². The molecule has 2 rings (SSSR count). The lowest BCUT2D eigenvalue weighted by Crippen LogP contribution is -2.59. The van der Waals surface area contributed by atoms with Gasteiger partial charge < -0.3 is 124 Å². The fourth-order valence-corrected chi connectivity index (χ4v) is 12.5. The van der Waals surface area contributed by atoms with E-state index in [1.165, 1.54) is 13.8 Å². The van der Waals surface area contributed by atoms with Gasteiger partial charge in [0.2, 0.25) is 70.9 Å². The average molecular weight is 1740 g/mol. The van der Waals surface area contributed by atoms with Crippen LogP contribution in [0, 0.1) is 35.5 Å². The number of aromatic nitrogens is 1. The Morgan fingerprint density at radius 3 is 1.33 bits per heavy atom. The number of carbonyl (C=O) groups is 15. The molecule has 0 saturated heterocycles. The Bertz CT molecular complexity index is 3600. The van der Waals surface area contributed by atoms with E-state index in [2.05, 4.69) is 79.9 Å². The number of amides is 12. The number of unbranched alkanes of at least 4 members (excludes halogenated alkanes) is 6. The molecule has 3 unspecified atom stereocenters. The van der Waals surface area contributed by atoms with Crippen molar-refractivity contribution in [3.05, 3.63) is 36.0 Å². The number of nitrogens with two attached hydrogens (primary N) is 9. The summed E-state index contributed by atoms with van der Waals surface area (Å²) in [4.78, 5) is 223. The molecule has 1 aromatic carbocycles. The van der Waals surface area contributed by atoms with Gasteiger partial charge in [-0.3, -0.25) is 77.2 Å². The van der Waals surface area contributed by atoms with Gasteiger partial charge in [0, 0.05) is 43.2 Å². The molecule has 15 atom stereocenters. The maximum absolute atomic E-state index is 14.7. The zero-order valence-corrected chi connectivity index (χ0v) is 73.4. The Labute approximate surface area is 721 Å². The molecule has 0 saturated carbocycles. The van der Waals surface area contributed by atoms with Gasteiger partial charge in [0.05, 0.1) is 42.9 Å². The first-order valence-electron chi connectivity index (χ1n) is 43.2. The summed E-state index contributed by atoms with van der Waals surface area (Å²) in [5, 5.41) is 30.7. The van der Waals surface area contributed by atoms with Gasteiger partial charge in [-0.15, -0.1) is 16.4 Å². The quantitative estimate of drug-likeness (QED) is 0.0131. The van der Waals surface area contributed by atoms with Gasteiger partial charge in [0.15, 0.2) is 0 Å². The van der Waals surface area contributed by atoms with Crippen LogP contribution in [0.25, 0.3) is 10.9 Å². The molecule has 1 aromatic heterocycles. The second kappa shape index (κ2) is 61.6.